The van der Waals surface area contributed by atoms with E-state index >= 15 is 0 Å². The van der Waals surface area contributed by atoms with Gasteiger partial charge in [0, 0.05) is 18.6 Å². The predicted octanol–water partition coefficient (Wildman–Crippen LogP) is 2.70. The van der Waals surface area contributed by atoms with Gasteiger partial charge in [0.1, 0.15) is 0 Å². The zero-order valence-electron chi connectivity index (χ0n) is 12.2. The number of amides is 1. The largest absolute Gasteiger partial charge is 0.335 e. The molecule has 1 aromatic rings. The highest BCUT2D eigenvalue weighted by atomic mass is 16.2. The third-order valence-corrected chi connectivity index (χ3v) is 4.96. The molecule has 20 heavy (non-hydrogen) atoms. The van der Waals surface area contributed by atoms with Crippen LogP contribution in [0, 0.1) is 5.41 Å². The number of carbonyl (C=O) groups excluding carboxylic acids is 1. The van der Waals surface area contributed by atoms with Gasteiger partial charge in [0.2, 0.25) is 5.91 Å². The van der Waals surface area contributed by atoms with Crippen LogP contribution >= 0.6 is 0 Å². The minimum atomic E-state index is -0.350. The van der Waals surface area contributed by atoms with E-state index in [0.29, 0.717) is 6.04 Å². The number of hydrogen-bond acceptors (Lipinski definition) is 2. The van der Waals surface area contributed by atoms with Crippen molar-refractivity contribution in [2.45, 2.75) is 57.7 Å². The molecule has 0 heterocycles. The van der Waals surface area contributed by atoms with E-state index in [1.54, 1.807) is 0 Å². The molecule has 108 valence electrons. The van der Waals surface area contributed by atoms with Crippen LogP contribution in [0.3, 0.4) is 0 Å². The van der Waals surface area contributed by atoms with Gasteiger partial charge in [0.25, 0.3) is 0 Å². The van der Waals surface area contributed by atoms with Crippen molar-refractivity contribution in [3.05, 3.63) is 35.9 Å². The van der Waals surface area contributed by atoms with Crippen molar-refractivity contribution >= 4 is 5.91 Å². The first-order valence-corrected chi connectivity index (χ1v) is 7.72. The SMILES string of the molecule is CC1(C(=O)N(Cc2ccccc2)C2CC2)CCCC1N. The molecule has 0 spiro atoms. The van der Waals surface area contributed by atoms with Gasteiger partial charge < -0.3 is 10.6 Å². The molecular formula is C17H24N2O. The number of nitrogens with zero attached hydrogens (tertiary/aromatic N) is 1. The third kappa shape index (κ3) is 2.47. The van der Waals surface area contributed by atoms with Gasteiger partial charge in [0.05, 0.1) is 5.41 Å². The molecule has 2 unspecified atom stereocenters. The summed E-state index contributed by atoms with van der Waals surface area (Å²) in [6.07, 6.45) is 5.28. The second kappa shape index (κ2) is 5.21. The fraction of sp³-hybridized carbons (Fsp3) is 0.588. The van der Waals surface area contributed by atoms with Crippen LogP contribution in [0.2, 0.25) is 0 Å². The van der Waals surface area contributed by atoms with E-state index in [2.05, 4.69) is 24.0 Å². The lowest BCUT2D eigenvalue weighted by atomic mass is 9.83. The van der Waals surface area contributed by atoms with Gasteiger partial charge in [-0.15, -0.1) is 0 Å². The molecule has 0 aromatic heterocycles. The summed E-state index contributed by atoms with van der Waals surface area (Å²) in [5, 5.41) is 0. The normalized spacial score (nSPS) is 29.4. The summed E-state index contributed by atoms with van der Waals surface area (Å²) in [4.78, 5) is 15.1. The first-order valence-electron chi connectivity index (χ1n) is 7.72. The molecule has 3 rings (SSSR count). The van der Waals surface area contributed by atoms with Crippen LogP contribution in [0.15, 0.2) is 30.3 Å². The number of carbonyl (C=O) groups is 1. The van der Waals surface area contributed by atoms with Gasteiger partial charge in [-0.1, -0.05) is 36.8 Å². The zero-order chi connectivity index (χ0) is 14.2. The molecule has 2 aliphatic carbocycles. The number of benzene rings is 1. The average molecular weight is 272 g/mol. The summed E-state index contributed by atoms with van der Waals surface area (Å²) < 4.78 is 0. The molecule has 0 radical (unpaired) electrons. The van der Waals surface area contributed by atoms with E-state index in [4.69, 9.17) is 5.73 Å². The zero-order valence-corrected chi connectivity index (χ0v) is 12.2. The molecule has 2 aliphatic rings. The fourth-order valence-electron chi connectivity index (χ4n) is 3.32. The molecule has 0 bridgehead atoms. The maximum absolute atomic E-state index is 13.0. The first kappa shape index (κ1) is 13.6. The molecule has 2 atom stereocenters. The van der Waals surface area contributed by atoms with Crippen molar-refractivity contribution in [2.75, 3.05) is 0 Å². The van der Waals surface area contributed by atoms with Gasteiger partial charge in [-0.2, -0.15) is 0 Å². The molecule has 3 heteroatoms. The summed E-state index contributed by atoms with van der Waals surface area (Å²) in [5.74, 6) is 0.272. The van der Waals surface area contributed by atoms with Gasteiger partial charge in [-0.05, 0) is 38.2 Å². The van der Waals surface area contributed by atoms with Gasteiger partial charge in [-0.25, -0.2) is 0 Å². The Balaban J connectivity index is 1.79. The Labute approximate surface area is 121 Å². The van der Waals surface area contributed by atoms with Crippen molar-refractivity contribution in [3.8, 4) is 0 Å². The minimum absolute atomic E-state index is 0.0204. The van der Waals surface area contributed by atoms with Crippen molar-refractivity contribution < 1.29 is 4.79 Å². The van der Waals surface area contributed by atoms with Crippen molar-refractivity contribution in [2.24, 2.45) is 11.1 Å². The second-order valence-electron chi connectivity index (χ2n) is 6.57. The number of rotatable bonds is 4. The Morgan fingerprint density at radius 1 is 1.30 bits per heavy atom. The summed E-state index contributed by atoms with van der Waals surface area (Å²) in [5.41, 5.74) is 7.08. The van der Waals surface area contributed by atoms with Crippen LogP contribution in [0.1, 0.15) is 44.6 Å². The van der Waals surface area contributed by atoms with Crippen LogP contribution in [-0.2, 0) is 11.3 Å². The lowest BCUT2D eigenvalue weighted by molar-refractivity contribution is -0.143. The molecule has 2 N–H and O–H groups in total. The molecule has 3 nitrogen and oxygen atoms in total. The second-order valence-corrected chi connectivity index (χ2v) is 6.57. The van der Waals surface area contributed by atoms with E-state index in [-0.39, 0.29) is 17.4 Å². The van der Waals surface area contributed by atoms with E-state index in [1.807, 2.05) is 18.2 Å². The topological polar surface area (TPSA) is 46.3 Å². The average Bonchev–Trinajstić information content (AvgIpc) is 3.24. The van der Waals surface area contributed by atoms with E-state index in [0.717, 1.165) is 38.6 Å². The lowest BCUT2D eigenvalue weighted by Crippen LogP contribution is -2.49. The fourth-order valence-corrected chi connectivity index (χ4v) is 3.32. The molecule has 2 saturated carbocycles. The summed E-state index contributed by atoms with van der Waals surface area (Å²) in [6, 6.07) is 10.7. The predicted molar refractivity (Wildman–Crippen MR) is 79.9 cm³/mol. The molecule has 0 aliphatic heterocycles. The molecule has 0 saturated heterocycles. The molecule has 1 amide bonds. The van der Waals surface area contributed by atoms with Gasteiger partial charge >= 0.3 is 0 Å². The lowest BCUT2D eigenvalue weighted by Gasteiger charge is -2.35. The maximum atomic E-state index is 13.0. The third-order valence-electron chi connectivity index (χ3n) is 4.96. The monoisotopic (exact) mass is 272 g/mol. The quantitative estimate of drug-likeness (QED) is 0.916. The van der Waals surface area contributed by atoms with Crippen LogP contribution < -0.4 is 5.73 Å². The summed E-state index contributed by atoms with van der Waals surface area (Å²) >= 11 is 0. The maximum Gasteiger partial charge on any atom is 0.230 e. The molecular weight excluding hydrogens is 248 g/mol. The Bertz CT molecular complexity index is 483. The van der Waals surface area contributed by atoms with Crippen molar-refractivity contribution in [3.63, 3.8) is 0 Å². The number of nitrogens with two attached hydrogens (primary N) is 1. The van der Waals surface area contributed by atoms with Gasteiger partial charge in [0.15, 0.2) is 0 Å². The molecule has 1 aromatic carbocycles. The first-order chi connectivity index (χ1) is 9.61. The van der Waals surface area contributed by atoms with Crippen molar-refractivity contribution in [1.29, 1.82) is 0 Å². The highest BCUT2D eigenvalue weighted by Gasteiger charge is 2.47. The van der Waals surface area contributed by atoms with E-state index in [1.165, 1.54) is 5.56 Å². The molecule has 2 fully saturated rings. The van der Waals surface area contributed by atoms with E-state index in [9.17, 15) is 4.79 Å². The van der Waals surface area contributed by atoms with Gasteiger partial charge in [-0.3, -0.25) is 4.79 Å². The highest BCUT2D eigenvalue weighted by Crippen LogP contribution is 2.41. The van der Waals surface area contributed by atoms with Crippen LogP contribution in [0.4, 0.5) is 0 Å². The van der Waals surface area contributed by atoms with Crippen LogP contribution in [-0.4, -0.2) is 22.9 Å². The van der Waals surface area contributed by atoms with Crippen molar-refractivity contribution in [1.82, 2.24) is 4.90 Å². The highest BCUT2D eigenvalue weighted by molar-refractivity contribution is 5.84. The Kier molecular flexibility index (Phi) is 3.55. The minimum Gasteiger partial charge on any atom is -0.335 e. The summed E-state index contributed by atoms with van der Waals surface area (Å²) in [6.45, 7) is 2.79. The van der Waals surface area contributed by atoms with E-state index < -0.39 is 0 Å². The standard InChI is InChI=1S/C17H24N2O/c1-17(11-5-8-15(17)18)16(20)19(14-9-10-14)12-13-6-3-2-4-7-13/h2-4,6-7,14-15H,5,8-12,18H2,1H3. The Morgan fingerprint density at radius 3 is 2.55 bits per heavy atom. The smallest absolute Gasteiger partial charge is 0.230 e. The Hall–Kier alpha value is -1.35. The Morgan fingerprint density at radius 2 is 2.00 bits per heavy atom. The van der Waals surface area contributed by atoms with Crippen LogP contribution in [0.5, 0.6) is 0 Å². The van der Waals surface area contributed by atoms with Crippen LogP contribution in [0.25, 0.3) is 0 Å². The number of hydrogen-bond donors (Lipinski definition) is 1. The summed E-state index contributed by atoms with van der Waals surface area (Å²) in [7, 11) is 0.